The maximum atomic E-state index is 11.2. The van der Waals surface area contributed by atoms with Crippen molar-refractivity contribution in [2.24, 2.45) is 5.73 Å². The topological polar surface area (TPSA) is 107 Å². The molecule has 0 bridgehead atoms. The van der Waals surface area contributed by atoms with E-state index in [0.717, 1.165) is 5.56 Å². The van der Waals surface area contributed by atoms with E-state index in [1.807, 2.05) is 0 Å². The predicted octanol–water partition coefficient (Wildman–Crippen LogP) is 0.0966. The van der Waals surface area contributed by atoms with Crippen LogP contribution in [0.15, 0.2) is 29.0 Å². The van der Waals surface area contributed by atoms with Gasteiger partial charge < -0.3 is 15.6 Å². The molecule has 0 unspecified atom stereocenters. The van der Waals surface area contributed by atoms with E-state index in [4.69, 9.17) is 10.3 Å². The number of carbonyl (C=O) groups is 1. The molecule has 0 spiro atoms. The molecule has 2 aromatic heterocycles. The van der Waals surface area contributed by atoms with Crippen LogP contribution in [-0.2, 0) is 11.3 Å². The standard InChI is InChI=1S/C11H13N5O2/c12-4-1-9(17)14-7-10-15-11(16-18-10)8-2-5-13-6-3-8/h2-3,5-6H,1,4,7,12H2,(H,14,17). The molecule has 18 heavy (non-hydrogen) atoms. The molecule has 7 heteroatoms. The van der Waals surface area contributed by atoms with Gasteiger partial charge in [0.2, 0.25) is 17.6 Å². The van der Waals surface area contributed by atoms with Gasteiger partial charge in [0, 0.05) is 30.9 Å². The van der Waals surface area contributed by atoms with Crippen molar-refractivity contribution in [1.82, 2.24) is 20.4 Å². The van der Waals surface area contributed by atoms with Crippen LogP contribution in [-0.4, -0.2) is 27.6 Å². The lowest BCUT2D eigenvalue weighted by Crippen LogP contribution is -2.25. The lowest BCUT2D eigenvalue weighted by atomic mass is 10.2. The second-order valence-electron chi connectivity index (χ2n) is 3.56. The summed E-state index contributed by atoms with van der Waals surface area (Å²) in [6, 6.07) is 3.56. The zero-order valence-corrected chi connectivity index (χ0v) is 9.67. The maximum Gasteiger partial charge on any atom is 0.246 e. The third-order valence-corrected chi connectivity index (χ3v) is 2.21. The summed E-state index contributed by atoms with van der Waals surface area (Å²) < 4.78 is 5.02. The highest BCUT2D eigenvalue weighted by Gasteiger charge is 2.09. The minimum Gasteiger partial charge on any atom is -0.347 e. The van der Waals surface area contributed by atoms with Crippen LogP contribution in [0.3, 0.4) is 0 Å². The normalized spacial score (nSPS) is 10.3. The molecular weight excluding hydrogens is 234 g/mol. The molecular formula is C11H13N5O2. The number of pyridine rings is 1. The Morgan fingerprint density at radius 1 is 1.39 bits per heavy atom. The highest BCUT2D eigenvalue weighted by molar-refractivity contribution is 5.75. The van der Waals surface area contributed by atoms with Crippen LogP contribution in [0.4, 0.5) is 0 Å². The first-order valence-electron chi connectivity index (χ1n) is 5.49. The average Bonchev–Trinajstić information content (AvgIpc) is 2.87. The molecule has 0 aliphatic heterocycles. The van der Waals surface area contributed by atoms with Crippen molar-refractivity contribution in [3.05, 3.63) is 30.4 Å². The van der Waals surface area contributed by atoms with Crippen LogP contribution in [0.1, 0.15) is 12.3 Å². The summed E-state index contributed by atoms with van der Waals surface area (Å²) in [7, 11) is 0. The molecule has 0 aliphatic carbocycles. The molecule has 2 aromatic rings. The third-order valence-electron chi connectivity index (χ3n) is 2.21. The Labute approximate surface area is 103 Å². The molecule has 1 amide bonds. The molecule has 0 aromatic carbocycles. The second-order valence-corrected chi connectivity index (χ2v) is 3.56. The van der Waals surface area contributed by atoms with E-state index in [2.05, 4.69) is 20.4 Å². The summed E-state index contributed by atoms with van der Waals surface area (Å²) in [5.41, 5.74) is 6.07. The Balaban J connectivity index is 1.97. The van der Waals surface area contributed by atoms with Crippen LogP contribution in [0.2, 0.25) is 0 Å². The number of aromatic nitrogens is 3. The van der Waals surface area contributed by atoms with Crippen molar-refractivity contribution in [3.8, 4) is 11.4 Å². The summed E-state index contributed by atoms with van der Waals surface area (Å²) in [5.74, 6) is 0.689. The Kier molecular flexibility index (Phi) is 3.98. The number of carbonyl (C=O) groups excluding carboxylic acids is 1. The Hall–Kier alpha value is -2.28. The van der Waals surface area contributed by atoms with Crippen molar-refractivity contribution in [2.45, 2.75) is 13.0 Å². The van der Waals surface area contributed by atoms with Gasteiger partial charge in [0.25, 0.3) is 0 Å². The van der Waals surface area contributed by atoms with E-state index in [9.17, 15) is 4.79 Å². The van der Waals surface area contributed by atoms with Crippen molar-refractivity contribution in [3.63, 3.8) is 0 Å². The summed E-state index contributed by atoms with van der Waals surface area (Å²) in [5, 5.41) is 6.46. The van der Waals surface area contributed by atoms with Gasteiger partial charge in [-0.1, -0.05) is 5.16 Å². The van der Waals surface area contributed by atoms with Gasteiger partial charge in [0.15, 0.2) is 0 Å². The van der Waals surface area contributed by atoms with Gasteiger partial charge in [-0.25, -0.2) is 0 Å². The van der Waals surface area contributed by atoms with E-state index < -0.39 is 0 Å². The van der Waals surface area contributed by atoms with Gasteiger partial charge in [-0.2, -0.15) is 4.98 Å². The molecule has 0 radical (unpaired) electrons. The number of nitrogens with zero attached hydrogens (tertiary/aromatic N) is 3. The molecule has 0 saturated heterocycles. The van der Waals surface area contributed by atoms with Crippen LogP contribution in [0, 0.1) is 0 Å². The maximum absolute atomic E-state index is 11.2. The molecule has 0 saturated carbocycles. The number of amides is 1. The molecule has 2 rings (SSSR count). The fourth-order valence-electron chi connectivity index (χ4n) is 1.34. The Bertz CT molecular complexity index is 511. The number of rotatable bonds is 5. The smallest absolute Gasteiger partial charge is 0.246 e. The Morgan fingerprint density at radius 3 is 2.89 bits per heavy atom. The number of hydrogen-bond donors (Lipinski definition) is 2. The predicted molar refractivity (Wildman–Crippen MR) is 63.0 cm³/mol. The van der Waals surface area contributed by atoms with Gasteiger partial charge in [-0.15, -0.1) is 0 Å². The largest absolute Gasteiger partial charge is 0.347 e. The molecule has 2 heterocycles. The molecule has 0 aliphatic rings. The first kappa shape index (κ1) is 12.2. The van der Waals surface area contributed by atoms with Crippen LogP contribution in [0.25, 0.3) is 11.4 Å². The van der Waals surface area contributed by atoms with Crippen molar-refractivity contribution >= 4 is 5.91 Å². The minimum atomic E-state index is -0.138. The minimum absolute atomic E-state index is 0.138. The van der Waals surface area contributed by atoms with Gasteiger partial charge in [0.1, 0.15) is 0 Å². The van der Waals surface area contributed by atoms with Crippen LogP contribution < -0.4 is 11.1 Å². The molecule has 0 fully saturated rings. The lowest BCUT2D eigenvalue weighted by molar-refractivity contribution is -0.121. The summed E-state index contributed by atoms with van der Waals surface area (Å²) in [4.78, 5) is 19.3. The number of hydrogen-bond acceptors (Lipinski definition) is 6. The van der Waals surface area contributed by atoms with E-state index >= 15 is 0 Å². The SMILES string of the molecule is NCCC(=O)NCc1nc(-c2ccncc2)no1. The summed E-state index contributed by atoms with van der Waals surface area (Å²) in [6.07, 6.45) is 3.58. The van der Waals surface area contributed by atoms with Gasteiger partial charge in [0.05, 0.1) is 6.54 Å². The summed E-state index contributed by atoms with van der Waals surface area (Å²) >= 11 is 0. The monoisotopic (exact) mass is 247 g/mol. The highest BCUT2D eigenvalue weighted by atomic mass is 16.5. The van der Waals surface area contributed by atoms with Crippen LogP contribution in [0.5, 0.6) is 0 Å². The molecule has 7 nitrogen and oxygen atoms in total. The Morgan fingerprint density at radius 2 is 2.17 bits per heavy atom. The first-order valence-corrected chi connectivity index (χ1v) is 5.49. The van der Waals surface area contributed by atoms with E-state index in [1.54, 1.807) is 24.5 Å². The third kappa shape index (κ3) is 3.11. The lowest BCUT2D eigenvalue weighted by Gasteiger charge is -1.98. The molecule has 94 valence electrons. The average molecular weight is 247 g/mol. The molecule has 0 atom stereocenters. The van der Waals surface area contributed by atoms with Crippen molar-refractivity contribution in [1.29, 1.82) is 0 Å². The van der Waals surface area contributed by atoms with Gasteiger partial charge >= 0.3 is 0 Å². The van der Waals surface area contributed by atoms with Crippen molar-refractivity contribution < 1.29 is 9.32 Å². The van der Waals surface area contributed by atoms with E-state index in [1.165, 1.54) is 0 Å². The van der Waals surface area contributed by atoms with Crippen molar-refractivity contribution in [2.75, 3.05) is 6.54 Å². The van der Waals surface area contributed by atoms with E-state index in [-0.39, 0.29) is 18.9 Å². The van der Waals surface area contributed by atoms with E-state index in [0.29, 0.717) is 18.3 Å². The summed E-state index contributed by atoms with van der Waals surface area (Å²) in [6.45, 7) is 0.523. The van der Waals surface area contributed by atoms with Gasteiger partial charge in [-0.05, 0) is 12.1 Å². The fraction of sp³-hybridized carbons (Fsp3) is 0.273. The highest BCUT2D eigenvalue weighted by Crippen LogP contribution is 2.13. The number of nitrogens with one attached hydrogen (secondary N) is 1. The number of nitrogens with two attached hydrogens (primary N) is 1. The fourth-order valence-corrected chi connectivity index (χ4v) is 1.34. The quantitative estimate of drug-likeness (QED) is 0.775. The molecule has 3 N–H and O–H groups in total. The van der Waals surface area contributed by atoms with Crippen LogP contribution >= 0.6 is 0 Å². The zero-order valence-electron chi connectivity index (χ0n) is 9.67. The zero-order chi connectivity index (χ0) is 12.8. The first-order chi connectivity index (χ1) is 8.79. The van der Waals surface area contributed by atoms with Gasteiger partial charge in [-0.3, -0.25) is 9.78 Å². The second kappa shape index (κ2) is 5.87.